The van der Waals surface area contributed by atoms with Crippen LogP contribution in [0.3, 0.4) is 0 Å². The van der Waals surface area contributed by atoms with Gasteiger partial charge in [0, 0.05) is 31.1 Å². The summed E-state index contributed by atoms with van der Waals surface area (Å²) < 4.78 is 5.50. The van der Waals surface area contributed by atoms with E-state index in [0.717, 1.165) is 43.1 Å². The van der Waals surface area contributed by atoms with Gasteiger partial charge in [-0.25, -0.2) is 0 Å². The lowest BCUT2D eigenvalue weighted by Gasteiger charge is -2.32. The van der Waals surface area contributed by atoms with Crippen LogP contribution >= 0.6 is 0 Å². The number of benzene rings is 1. The number of hydrogen-bond acceptors (Lipinski definition) is 4. The first-order valence-electron chi connectivity index (χ1n) is 10.5. The highest BCUT2D eigenvalue weighted by atomic mass is 16.3. The molecule has 1 unspecified atom stereocenters. The van der Waals surface area contributed by atoms with Crippen LogP contribution in [0.5, 0.6) is 0 Å². The summed E-state index contributed by atoms with van der Waals surface area (Å²) in [4.78, 5) is 19.3. The minimum Gasteiger partial charge on any atom is -0.465 e. The lowest BCUT2D eigenvalue weighted by Crippen LogP contribution is -2.35. The number of carbonyl (C=O) groups excluding carboxylic acids is 1. The van der Waals surface area contributed by atoms with Crippen LogP contribution in [0.2, 0.25) is 0 Å². The maximum atomic E-state index is 12.2. The normalized spacial score (nSPS) is 17.5. The van der Waals surface area contributed by atoms with E-state index in [1.54, 1.807) is 0 Å². The van der Waals surface area contributed by atoms with Crippen molar-refractivity contribution in [1.29, 1.82) is 0 Å². The van der Waals surface area contributed by atoms with Crippen LogP contribution in [0, 0.1) is 12.8 Å². The first kappa shape index (κ1) is 19.6. The standard InChI is InChI=1S/C24H29N3O2/c1-18-9-11-22(29-18)15-26-23(28)12-10-19-5-4-14-27(16-19)17-21-7-2-6-20-8-3-13-25-24(20)21/h2-3,6-9,11,13,19H,4-5,10,12,14-17H2,1H3,(H,26,28). The predicted octanol–water partition coefficient (Wildman–Crippen LogP) is 4.44. The Labute approximate surface area is 172 Å². The van der Waals surface area contributed by atoms with Crippen molar-refractivity contribution in [3.63, 3.8) is 0 Å². The molecule has 1 saturated heterocycles. The van der Waals surface area contributed by atoms with Crippen LogP contribution in [-0.2, 0) is 17.9 Å². The second-order valence-corrected chi connectivity index (χ2v) is 8.06. The van der Waals surface area contributed by atoms with Gasteiger partial charge in [-0.15, -0.1) is 0 Å². The molecule has 1 N–H and O–H groups in total. The highest BCUT2D eigenvalue weighted by molar-refractivity contribution is 5.81. The van der Waals surface area contributed by atoms with Crippen LogP contribution < -0.4 is 5.32 Å². The number of amides is 1. The zero-order valence-electron chi connectivity index (χ0n) is 17.1. The lowest BCUT2D eigenvalue weighted by molar-refractivity contribution is -0.121. The van der Waals surface area contributed by atoms with Crippen LogP contribution in [0.25, 0.3) is 10.9 Å². The number of nitrogens with one attached hydrogen (secondary N) is 1. The van der Waals surface area contributed by atoms with Crippen molar-refractivity contribution < 1.29 is 9.21 Å². The molecule has 3 aromatic rings. The number of aromatic nitrogens is 1. The van der Waals surface area contributed by atoms with Gasteiger partial charge in [0.2, 0.25) is 5.91 Å². The molecular formula is C24H29N3O2. The fraction of sp³-hybridized carbons (Fsp3) is 0.417. The minimum atomic E-state index is 0.106. The summed E-state index contributed by atoms with van der Waals surface area (Å²) in [7, 11) is 0. The third-order valence-corrected chi connectivity index (χ3v) is 5.75. The Kier molecular flexibility index (Phi) is 6.25. The van der Waals surface area contributed by atoms with E-state index in [0.29, 0.717) is 18.9 Å². The maximum Gasteiger partial charge on any atom is 0.220 e. The number of piperidine rings is 1. The van der Waals surface area contributed by atoms with Crippen molar-refractivity contribution >= 4 is 16.8 Å². The molecule has 0 saturated carbocycles. The van der Waals surface area contributed by atoms with E-state index in [4.69, 9.17) is 4.42 Å². The summed E-state index contributed by atoms with van der Waals surface area (Å²) in [5, 5.41) is 4.16. The quantitative estimate of drug-likeness (QED) is 0.647. The number of fused-ring (bicyclic) bond motifs is 1. The zero-order chi connectivity index (χ0) is 20.1. The molecule has 0 radical (unpaired) electrons. The third kappa shape index (κ3) is 5.24. The van der Waals surface area contributed by atoms with Gasteiger partial charge in [0.1, 0.15) is 11.5 Å². The predicted molar refractivity (Wildman–Crippen MR) is 114 cm³/mol. The Hall–Kier alpha value is -2.66. The molecule has 0 spiro atoms. The number of pyridine rings is 1. The highest BCUT2D eigenvalue weighted by Crippen LogP contribution is 2.24. The summed E-state index contributed by atoms with van der Waals surface area (Å²) >= 11 is 0. The van der Waals surface area contributed by atoms with E-state index >= 15 is 0 Å². The number of nitrogens with zero attached hydrogens (tertiary/aromatic N) is 2. The van der Waals surface area contributed by atoms with E-state index in [1.165, 1.54) is 23.8 Å². The molecule has 1 amide bonds. The lowest BCUT2D eigenvalue weighted by atomic mass is 9.93. The SMILES string of the molecule is Cc1ccc(CNC(=O)CCC2CCCN(Cc3cccc4cccnc34)C2)o1. The van der Waals surface area contributed by atoms with Crippen molar-refractivity contribution in [2.75, 3.05) is 13.1 Å². The van der Waals surface area contributed by atoms with Gasteiger partial charge in [0.05, 0.1) is 12.1 Å². The summed E-state index contributed by atoms with van der Waals surface area (Å²) in [6.45, 7) is 5.47. The molecular weight excluding hydrogens is 362 g/mol. The molecule has 1 fully saturated rings. The third-order valence-electron chi connectivity index (χ3n) is 5.75. The molecule has 29 heavy (non-hydrogen) atoms. The highest BCUT2D eigenvalue weighted by Gasteiger charge is 2.21. The molecule has 1 aromatic carbocycles. The van der Waals surface area contributed by atoms with Crippen LogP contribution in [0.15, 0.2) is 53.1 Å². The van der Waals surface area contributed by atoms with Crippen LogP contribution in [0.4, 0.5) is 0 Å². The minimum absolute atomic E-state index is 0.106. The Bertz CT molecular complexity index is 960. The smallest absolute Gasteiger partial charge is 0.220 e. The van der Waals surface area contributed by atoms with E-state index in [9.17, 15) is 4.79 Å². The Balaban J connectivity index is 1.26. The fourth-order valence-corrected chi connectivity index (χ4v) is 4.26. The Morgan fingerprint density at radius 1 is 1.24 bits per heavy atom. The van der Waals surface area contributed by atoms with E-state index in [2.05, 4.69) is 39.5 Å². The van der Waals surface area contributed by atoms with Crippen LogP contribution in [0.1, 0.15) is 42.8 Å². The van der Waals surface area contributed by atoms with Gasteiger partial charge in [0.25, 0.3) is 0 Å². The van der Waals surface area contributed by atoms with E-state index in [1.807, 2.05) is 31.3 Å². The number of hydrogen-bond donors (Lipinski definition) is 1. The molecule has 4 rings (SSSR count). The van der Waals surface area contributed by atoms with Gasteiger partial charge in [-0.2, -0.15) is 0 Å². The molecule has 152 valence electrons. The van der Waals surface area contributed by atoms with Gasteiger partial charge in [-0.05, 0) is 62.4 Å². The molecule has 0 bridgehead atoms. The summed E-state index contributed by atoms with van der Waals surface area (Å²) in [5.74, 6) is 2.36. The molecule has 1 aliphatic heterocycles. The summed E-state index contributed by atoms with van der Waals surface area (Å²) in [5.41, 5.74) is 2.39. The topological polar surface area (TPSA) is 58.4 Å². The fourth-order valence-electron chi connectivity index (χ4n) is 4.26. The monoisotopic (exact) mass is 391 g/mol. The van der Waals surface area contributed by atoms with Gasteiger partial charge in [0.15, 0.2) is 0 Å². The molecule has 1 atom stereocenters. The van der Waals surface area contributed by atoms with E-state index in [-0.39, 0.29) is 5.91 Å². The van der Waals surface area contributed by atoms with Crippen molar-refractivity contribution in [2.24, 2.45) is 5.92 Å². The van der Waals surface area contributed by atoms with Crippen molar-refractivity contribution in [1.82, 2.24) is 15.2 Å². The first-order chi connectivity index (χ1) is 14.2. The largest absolute Gasteiger partial charge is 0.465 e. The van der Waals surface area contributed by atoms with Gasteiger partial charge >= 0.3 is 0 Å². The first-order valence-corrected chi connectivity index (χ1v) is 10.5. The van der Waals surface area contributed by atoms with Gasteiger partial charge in [-0.3, -0.25) is 14.7 Å². The Morgan fingerprint density at radius 3 is 3.00 bits per heavy atom. The number of likely N-dealkylation sites (tertiary alicyclic amines) is 1. The van der Waals surface area contributed by atoms with Gasteiger partial charge in [-0.1, -0.05) is 24.3 Å². The number of rotatable bonds is 7. The average molecular weight is 392 g/mol. The molecule has 5 nitrogen and oxygen atoms in total. The molecule has 1 aliphatic rings. The molecule has 2 aromatic heterocycles. The number of furan rings is 1. The maximum absolute atomic E-state index is 12.2. The number of para-hydroxylation sites is 1. The summed E-state index contributed by atoms with van der Waals surface area (Å²) in [6, 6.07) is 14.4. The second kappa shape index (κ2) is 9.23. The second-order valence-electron chi connectivity index (χ2n) is 8.06. The van der Waals surface area contributed by atoms with E-state index < -0.39 is 0 Å². The molecule has 3 heterocycles. The van der Waals surface area contributed by atoms with Crippen molar-refractivity contribution in [3.8, 4) is 0 Å². The number of carbonyl (C=O) groups is 1. The van der Waals surface area contributed by atoms with Gasteiger partial charge < -0.3 is 9.73 Å². The van der Waals surface area contributed by atoms with Crippen molar-refractivity contribution in [2.45, 2.75) is 45.7 Å². The summed E-state index contributed by atoms with van der Waals surface area (Å²) in [6.07, 6.45) is 5.78. The van der Waals surface area contributed by atoms with Crippen LogP contribution in [-0.4, -0.2) is 28.9 Å². The molecule has 5 heteroatoms. The van der Waals surface area contributed by atoms with Crippen molar-refractivity contribution in [3.05, 3.63) is 65.7 Å². The Morgan fingerprint density at radius 2 is 2.14 bits per heavy atom. The number of aryl methyl sites for hydroxylation is 1. The molecule has 0 aliphatic carbocycles. The zero-order valence-corrected chi connectivity index (χ0v) is 17.1. The average Bonchev–Trinajstić information content (AvgIpc) is 3.16.